The Morgan fingerprint density at radius 2 is 2.07 bits per heavy atom. The number of methoxy groups -OCH3 is 1. The molecule has 9 heteroatoms. The van der Waals surface area contributed by atoms with Crippen LogP contribution in [0, 0.1) is 5.41 Å². The number of nitrogens with zero attached hydrogens (tertiary/aromatic N) is 2. The Morgan fingerprint density at radius 3 is 2.67 bits per heavy atom. The number of aromatic nitrogens is 1. The maximum absolute atomic E-state index is 12.9. The van der Waals surface area contributed by atoms with Gasteiger partial charge in [0.1, 0.15) is 12.2 Å². The quantitative estimate of drug-likeness (QED) is 0.387. The van der Waals surface area contributed by atoms with Gasteiger partial charge in [-0.1, -0.05) is 6.42 Å². The number of halogens is 3. The molecule has 1 saturated carbocycles. The lowest BCUT2D eigenvalue weighted by molar-refractivity contribution is -0.139. The van der Waals surface area contributed by atoms with Gasteiger partial charge in [0.05, 0.1) is 6.54 Å². The van der Waals surface area contributed by atoms with Crippen molar-refractivity contribution in [3.63, 3.8) is 0 Å². The van der Waals surface area contributed by atoms with Gasteiger partial charge >= 0.3 is 6.18 Å². The molecule has 1 aliphatic carbocycles. The average Bonchev–Trinajstić information content (AvgIpc) is 2.61. The Labute approximate surface area is 157 Å². The summed E-state index contributed by atoms with van der Waals surface area (Å²) in [7, 11) is 3.35. The van der Waals surface area contributed by atoms with Gasteiger partial charge in [-0.3, -0.25) is 4.99 Å². The van der Waals surface area contributed by atoms with Crippen molar-refractivity contribution in [3.05, 3.63) is 23.9 Å². The molecule has 152 valence electrons. The number of ether oxygens (including phenoxy) is 2. The second-order valence-corrected chi connectivity index (χ2v) is 6.65. The van der Waals surface area contributed by atoms with E-state index in [-0.39, 0.29) is 12.0 Å². The first kappa shape index (κ1) is 21.3. The molecule has 0 aliphatic heterocycles. The van der Waals surface area contributed by atoms with Crippen LogP contribution in [-0.4, -0.2) is 51.4 Å². The summed E-state index contributed by atoms with van der Waals surface area (Å²) in [6.45, 7) is 1.86. The zero-order chi connectivity index (χ0) is 19.8. The van der Waals surface area contributed by atoms with E-state index in [1.54, 1.807) is 14.2 Å². The predicted molar refractivity (Wildman–Crippen MR) is 96.9 cm³/mol. The number of hydrogen-bond acceptors (Lipinski definition) is 4. The molecule has 1 aliphatic rings. The van der Waals surface area contributed by atoms with Crippen LogP contribution in [0.4, 0.5) is 13.2 Å². The Balaban J connectivity index is 1.76. The lowest BCUT2D eigenvalue weighted by Gasteiger charge is -2.42. The molecule has 1 aromatic rings. The average molecular weight is 388 g/mol. The van der Waals surface area contributed by atoms with E-state index in [9.17, 15) is 13.2 Å². The molecule has 1 fully saturated rings. The molecule has 1 aromatic heterocycles. The highest BCUT2D eigenvalue weighted by Gasteiger charge is 2.36. The van der Waals surface area contributed by atoms with Gasteiger partial charge in [0.15, 0.2) is 5.96 Å². The third-order valence-electron chi connectivity index (χ3n) is 4.82. The van der Waals surface area contributed by atoms with Gasteiger partial charge in [-0.25, -0.2) is 4.98 Å². The molecule has 1 heterocycles. The van der Waals surface area contributed by atoms with E-state index in [2.05, 4.69) is 20.6 Å². The molecule has 27 heavy (non-hydrogen) atoms. The van der Waals surface area contributed by atoms with Crippen molar-refractivity contribution >= 4 is 5.96 Å². The van der Waals surface area contributed by atoms with Crippen molar-refractivity contribution in [2.24, 2.45) is 10.4 Å². The minimum absolute atomic E-state index is 0.0373. The Hall–Kier alpha value is -2.03. The normalized spacial score (nSPS) is 16.6. The molecular formula is C18H27F3N4O2. The van der Waals surface area contributed by atoms with Crippen LogP contribution in [0.1, 0.15) is 31.2 Å². The Bertz CT molecular complexity index is 619. The van der Waals surface area contributed by atoms with Gasteiger partial charge in [0, 0.05) is 33.5 Å². The minimum atomic E-state index is -4.49. The third-order valence-corrected chi connectivity index (χ3v) is 4.82. The molecule has 0 unspecified atom stereocenters. The Kier molecular flexibility index (Phi) is 7.70. The van der Waals surface area contributed by atoms with Gasteiger partial charge in [-0.05, 0) is 36.8 Å². The molecular weight excluding hydrogens is 361 g/mol. The molecule has 0 aromatic carbocycles. The van der Waals surface area contributed by atoms with Crippen molar-refractivity contribution in [1.82, 2.24) is 15.6 Å². The monoisotopic (exact) mass is 388 g/mol. The topological polar surface area (TPSA) is 67.8 Å². The minimum Gasteiger partial charge on any atom is -0.475 e. The molecule has 2 rings (SSSR count). The first-order valence-corrected chi connectivity index (χ1v) is 8.99. The molecule has 0 radical (unpaired) electrons. The number of alkyl halides is 3. The standard InChI is InChI=1S/C18H27F3N4O2/c1-22-16(25-13-17(6-4-7-17)8-11-26-2)24-10-12-27-15-14(18(19,20)21)5-3-9-23-15/h3,5,9H,4,6-8,10-13H2,1-2H3,(H2,22,24,25). The zero-order valence-corrected chi connectivity index (χ0v) is 15.7. The van der Waals surface area contributed by atoms with E-state index in [0.717, 1.165) is 38.5 Å². The van der Waals surface area contributed by atoms with Crippen LogP contribution >= 0.6 is 0 Å². The van der Waals surface area contributed by atoms with Gasteiger partial charge in [0.2, 0.25) is 5.88 Å². The van der Waals surface area contributed by atoms with E-state index in [4.69, 9.17) is 9.47 Å². The maximum atomic E-state index is 12.9. The summed E-state index contributed by atoms with van der Waals surface area (Å²) in [6.07, 6.45) is 1.31. The number of pyridine rings is 1. The summed E-state index contributed by atoms with van der Waals surface area (Å²) in [5.41, 5.74) is -0.641. The number of hydrogen-bond donors (Lipinski definition) is 2. The summed E-state index contributed by atoms with van der Waals surface area (Å²) in [4.78, 5) is 7.81. The van der Waals surface area contributed by atoms with Gasteiger partial charge in [0.25, 0.3) is 0 Å². The lowest BCUT2D eigenvalue weighted by atomic mass is 9.67. The molecule has 6 nitrogen and oxygen atoms in total. The first-order chi connectivity index (χ1) is 12.9. The fourth-order valence-corrected chi connectivity index (χ4v) is 3.04. The van der Waals surface area contributed by atoms with E-state index in [0.29, 0.717) is 12.5 Å². The summed E-state index contributed by atoms with van der Waals surface area (Å²) in [5, 5.41) is 6.34. The lowest BCUT2D eigenvalue weighted by Crippen LogP contribution is -2.47. The van der Waals surface area contributed by atoms with Crippen LogP contribution in [0.2, 0.25) is 0 Å². The molecule has 0 amide bonds. The summed E-state index contributed by atoms with van der Waals surface area (Å²) < 4.78 is 49.1. The van der Waals surface area contributed by atoms with Gasteiger partial charge in [-0.15, -0.1) is 0 Å². The van der Waals surface area contributed by atoms with Crippen molar-refractivity contribution < 1.29 is 22.6 Å². The number of rotatable bonds is 9. The molecule has 2 N–H and O–H groups in total. The molecule has 0 spiro atoms. The highest BCUT2D eigenvalue weighted by molar-refractivity contribution is 5.79. The van der Waals surface area contributed by atoms with Crippen LogP contribution in [0.5, 0.6) is 5.88 Å². The number of aliphatic imine (C=N–C) groups is 1. The molecule has 0 saturated heterocycles. The Morgan fingerprint density at radius 1 is 1.30 bits per heavy atom. The van der Waals surface area contributed by atoms with Gasteiger partial charge in [-0.2, -0.15) is 13.2 Å². The van der Waals surface area contributed by atoms with Gasteiger partial charge < -0.3 is 20.1 Å². The van der Waals surface area contributed by atoms with E-state index >= 15 is 0 Å². The number of nitrogens with one attached hydrogen (secondary N) is 2. The molecule has 0 atom stereocenters. The zero-order valence-electron chi connectivity index (χ0n) is 15.7. The van der Waals surface area contributed by atoms with Crippen molar-refractivity contribution in [2.45, 2.75) is 31.9 Å². The summed E-state index contributed by atoms with van der Waals surface area (Å²) in [6, 6.07) is 2.19. The van der Waals surface area contributed by atoms with E-state index in [1.165, 1.54) is 18.7 Å². The second-order valence-electron chi connectivity index (χ2n) is 6.65. The SMILES string of the molecule is CN=C(NCCOc1ncccc1C(F)(F)F)NCC1(CCOC)CCC1. The summed E-state index contributed by atoms with van der Waals surface area (Å²) >= 11 is 0. The first-order valence-electron chi connectivity index (χ1n) is 8.99. The third kappa shape index (κ3) is 6.27. The number of guanidine groups is 1. The van der Waals surface area contributed by atoms with Crippen LogP contribution in [0.15, 0.2) is 23.3 Å². The smallest absolute Gasteiger partial charge is 0.421 e. The van der Waals surface area contributed by atoms with Crippen LogP contribution in [0.25, 0.3) is 0 Å². The fraction of sp³-hybridized carbons (Fsp3) is 0.667. The van der Waals surface area contributed by atoms with Crippen LogP contribution in [-0.2, 0) is 10.9 Å². The van der Waals surface area contributed by atoms with Crippen LogP contribution in [0.3, 0.4) is 0 Å². The van der Waals surface area contributed by atoms with Crippen molar-refractivity contribution in [3.8, 4) is 5.88 Å². The largest absolute Gasteiger partial charge is 0.475 e. The van der Waals surface area contributed by atoms with E-state index < -0.39 is 17.6 Å². The highest BCUT2D eigenvalue weighted by atomic mass is 19.4. The van der Waals surface area contributed by atoms with Crippen molar-refractivity contribution in [1.29, 1.82) is 0 Å². The summed E-state index contributed by atoms with van der Waals surface area (Å²) in [5.74, 6) is 0.182. The van der Waals surface area contributed by atoms with Crippen LogP contribution < -0.4 is 15.4 Å². The second kappa shape index (κ2) is 9.77. The predicted octanol–water partition coefficient (Wildman–Crippen LogP) is 2.85. The van der Waals surface area contributed by atoms with E-state index in [1.807, 2.05) is 0 Å². The maximum Gasteiger partial charge on any atom is 0.421 e. The highest BCUT2D eigenvalue weighted by Crippen LogP contribution is 2.43. The van der Waals surface area contributed by atoms with Crippen molar-refractivity contribution in [2.75, 3.05) is 40.5 Å². The fourth-order valence-electron chi connectivity index (χ4n) is 3.04. The molecule has 0 bridgehead atoms.